The highest BCUT2D eigenvalue weighted by atomic mass is 16.3. The van der Waals surface area contributed by atoms with E-state index in [-0.39, 0.29) is 11.5 Å². The van der Waals surface area contributed by atoms with Crippen LogP contribution in [0.25, 0.3) is 0 Å². The first-order chi connectivity index (χ1) is 12.8. The average Bonchev–Trinajstić information content (AvgIpc) is 2.66. The Hall–Kier alpha value is -2.30. The van der Waals surface area contributed by atoms with Crippen LogP contribution in [0.3, 0.4) is 0 Å². The number of nitrogens with one attached hydrogen (secondary N) is 2. The summed E-state index contributed by atoms with van der Waals surface area (Å²) in [6.07, 6.45) is 8.44. The van der Waals surface area contributed by atoms with Gasteiger partial charge in [0.15, 0.2) is 11.5 Å². The maximum atomic E-state index is 9.45. The number of benzene rings is 2. The molecule has 2 aromatic rings. The molecule has 0 amide bonds. The van der Waals surface area contributed by atoms with Crippen LogP contribution in [0.15, 0.2) is 60.7 Å². The van der Waals surface area contributed by atoms with Crippen molar-refractivity contribution in [2.75, 3.05) is 26.2 Å². The normalized spacial score (nSPS) is 11.2. The van der Waals surface area contributed by atoms with Crippen LogP contribution in [-0.2, 0) is 12.8 Å². The highest BCUT2D eigenvalue weighted by molar-refractivity contribution is 5.40. The number of rotatable bonds is 12. The largest absolute Gasteiger partial charge is 0.504 e. The molecule has 0 bridgehead atoms. The van der Waals surface area contributed by atoms with Gasteiger partial charge in [0.2, 0.25) is 0 Å². The Labute approximate surface area is 156 Å². The fourth-order valence-corrected chi connectivity index (χ4v) is 2.69. The molecular weight excluding hydrogens is 324 g/mol. The van der Waals surface area contributed by atoms with E-state index in [0.29, 0.717) is 0 Å². The molecule has 2 aromatic carbocycles. The first kappa shape index (κ1) is 20.0. The SMILES string of the molecule is Oc1ccc(CCNCCC=CCCNCCc2ccccc2)cc1O. The fourth-order valence-electron chi connectivity index (χ4n) is 2.69. The molecule has 0 aliphatic carbocycles. The number of hydrogen-bond acceptors (Lipinski definition) is 4. The van der Waals surface area contributed by atoms with Crippen molar-refractivity contribution < 1.29 is 10.2 Å². The van der Waals surface area contributed by atoms with E-state index >= 15 is 0 Å². The van der Waals surface area contributed by atoms with E-state index in [0.717, 1.165) is 57.4 Å². The van der Waals surface area contributed by atoms with Crippen LogP contribution in [0.4, 0.5) is 0 Å². The lowest BCUT2D eigenvalue weighted by Gasteiger charge is -2.05. The Morgan fingerprint density at radius 2 is 1.27 bits per heavy atom. The van der Waals surface area contributed by atoms with Crippen molar-refractivity contribution in [3.05, 3.63) is 71.8 Å². The Morgan fingerprint density at radius 1 is 0.654 bits per heavy atom. The first-order valence-corrected chi connectivity index (χ1v) is 9.37. The predicted molar refractivity (Wildman–Crippen MR) is 108 cm³/mol. The summed E-state index contributed by atoms with van der Waals surface area (Å²) in [4.78, 5) is 0. The Bertz CT molecular complexity index is 656. The molecular formula is C22H30N2O2. The molecule has 0 saturated carbocycles. The van der Waals surface area contributed by atoms with Gasteiger partial charge in [-0.05, 0) is 75.1 Å². The minimum Gasteiger partial charge on any atom is -0.504 e. The van der Waals surface area contributed by atoms with Crippen LogP contribution in [0.1, 0.15) is 24.0 Å². The van der Waals surface area contributed by atoms with Gasteiger partial charge in [-0.15, -0.1) is 0 Å². The molecule has 4 heteroatoms. The monoisotopic (exact) mass is 354 g/mol. The lowest BCUT2D eigenvalue weighted by Crippen LogP contribution is -2.18. The maximum Gasteiger partial charge on any atom is 0.157 e. The van der Waals surface area contributed by atoms with E-state index < -0.39 is 0 Å². The van der Waals surface area contributed by atoms with Crippen molar-refractivity contribution in [2.45, 2.75) is 25.7 Å². The molecule has 0 aliphatic rings. The number of phenols is 2. The third-order valence-electron chi connectivity index (χ3n) is 4.21. The third-order valence-corrected chi connectivity index (χ3v) is 4.21. The molecule has 2 rings (SSSR count). The summed E-state index contributed by atoms with van der Waals surface area (Å²) in [6.45, 7) is 3.84. The molecule has 0 fully saturated rings. The van der Waals surface area contributed by atoms with E-state index in [1.807, 2.05) is 6.07 Å². The molecule has 140 valence electrons. The van der Waals surface area contributed by atoms with Crippen LogP contribution < -0.4 is 10.6 Å². The van der Waals surface area contributed by atoms with E-state index in [1.165, 1.54) is 11.6 Å². The Balaban J connectivity index is 1.41. The molecule has 0 aromatic heterocycles. The Morgan fingerprint density at radius 3 is 1.88 bits per heavy atom. The van der Waals surface area contributed by atoms with Crippen molar-refractivity contribution in [2.24, 2.45) is 0 Å². The van der Waals surface area contributed by atoms with Gasteiger partial charge in [-0.25, -0.2) is 0 Å². The molecule has 4 nitrogen and oxygen atoms in total. The van der Waals surface area contributed by atoms with Gasteiger partial charge >= 0.3 is 0 Å². The fraction of sp³-hybridized carbons (Fsp3) is 0.364. The van der Waals surface area contributed by atoms with Crippen molar-refractivity contribution in [1.82, 2.24) is 10.6 Å². The van der Waals surface area contributed by atoms with Gasteiger partial charge < -0.3 is 20.8 Å². The molecule has 0 saturated heterocycles. The van der Waals surface area contributed by atoms with E-state index in [1.54, 1.807) is 6.07 Å². The summed E-state index contributed by atoms with van der Waals surface area (Å²) in [5.41, 5.74) is 2.40. The van der Waals surface area contributed by atoms with E-state index in [4.69, 9.17) is 0 Å². The van der Waals surface area contributed by atoms with Crippen molar-refractivity contribution in [1.29, 1.82) is 0 Å². The van der Waals surface area contributed by atoms with Crippen molar-refractivity contribution in [3.8, 4) is 11.5 Å². The van der Waals surface area contributed by atoms with Gasteiger partial charge in [-0.2, -0.15) is 0 Å². The number of aromatic hydroxyl groups is 2. The van der Waals surface area contributed by atoms with Crippen LogP contribution in [0, 0.1) is 0 Å². The highest BCUT2D eigenvalue weighted by Gasteiger charge is 2.00. The highest BCUT2D eigenvalue weighted by Crippen LogP contribution is 2.24. The molecule has 4 N–H and O–H groups in total. The summed E-state index contributed by atoms with van der Waals surface area (Å²) >= 11 is 0. The second-order valence-electron chi connectivity index (χ2n) is 6.36. The van der Waals surface area contributed by atoms with Gasteiger partial charge in [-0.1, -0.05) is 48.6 Å². The van der Waals surface area contributed by atoms with Crippen LogP contribution >= 0.6 is 0 Å². The summed E-state index contributed by atoms with van der Waals surface area (Å²) in [7, 11) is 0. The van der Waals surface area contributed by atoms with Crippen molar-refractivity contribution in [3.63, 3.8) is 0 Å². The summed E-state index contributed by atoms with van der Waals surface area (Å²) in [6, 6.07) is 15.5. The molecule has 0 atom stereocenters. The van der Waals surface area contributed by atoms with Crippen molar-refractivity contribution >= 4 is 0 Å². The molecule has 0 heterocycles. The third kappa shape index (κ3) is 8.19. The molecule has 0 unspecified atom stereocenters. The number of hydrogen-bond donors (Lipinski definition) is 4. The van der Waals surface area contributed by atoms with Crippen LogP contribution in [-0.4, -0.2) is 36.4 Å². The van der Waals surface area contributed by atoms with E-state index in [2.05, 4.69) is 53.1 Å². The predicted octanol–water partition coefficient (Wildman–Crippen LogP) is 3.40. The molecule has 0 aliphatic heterocycles. The second-order valence-corrected chi connectivity index (χ2v) is 6.36. The summed E-state index contributed by atoms with van der Waals surface area (Å²) < 4.78 is 0. The molecule has 0 spiro atoms. The topological polar surface area (TPSA) is 64.5 Å². The van der Waals surface area contributed by atoms with Gasteiger partial charge in [0, 0.05) is 0 Å². The maximum absolute atomic E-state index is 9.45. The van der Waals surface area contributed by atoms with Gasteiger partial charge in [0.25, 0.3) is 0 Å². The smallest absolute Gasteiger partial charge is 0.157 e. The lowest BCUT2D eigenvalue weighted by atomic mass is 10.1. The van der Waals surface area contributed by atoms with Gasteiger partial charge in [0.1, 0.15) is 0 Å². The zero-order valence-electron chi connectivity index (χ0n) is 15.3. The van der Waals surface area contributed by atoms with Crippen LogP contribution in [0.2, 0.25) is 0 Å². The Kier molecular flexibility index (Phi) is 9.33. The standard InChI is InChI=1S/C22H30N2O2/c25-21-11-10-20(18-22(21)26)13-17-24-15-7-2-1-6-14-23-16-12-19-8-4-3-5-9-19/h1-5,8-11,18,23-26H,6-7,12-17H2. The molecule has 26 heavy (non-hydrogen) atoms. The van der Waals surface area contributed by atoms with Crippen LogP contribution in [0.5, 0.6) is 11.5 Å². The average molecular weight is 354 g/mol. The minimum absolute atomic E-state index is 0.0530. The van der Waals surface area contributed by atoms with Gasteiger partial charge in [0.05, 0.1) is 0 Å². The molecule has 0 radical (unpaired) electrons. The number of phenolic OH excluding ortho intramolecular Hbond substituents is 2. The minimum atomic E-state index is -0.0681. The summed E-state index contributed by atoms with van der Waals surface area (Å²) in [5.74, 6) is -0.121. The van der Waals surface area contributed by atoms with E-state index in [9.17, 15) is 10.2 Å². The summed E-state index contributed by atoms with van der Waals surface area (Å²) in [5, 5.41) is 25.6. The quantitative estimate of drug-likeness (QED) is 0.268. The first-order valence-electron chi connectivity index (χ1n) is 9.37. The zero-order chi connectivity index (χ0) is 18.5. The lowest BCUT2D eigenvalue weighted by molar-refractivity contribution is 0.403. The van der Waals surface area contributed by atoms with Gasteiger partial charge in [-0.3, -0.25) is 0 Å². The zero-order valence-corrected chi connectivity index (χ0v) is 15.3. The second kappa shape index (κ2) is 12.1.